The number of nitrogens with one attached hydrogen (secondary N) is 1. The van der Waals surface area contributed by atoms with Crippen molar-refractivity contribution in [1.29, 1.82) is 0 Å². The van der Waals surface area contributed by atoms with Crippen LogP contribution in [0.15, 0.2) is 54.9 Å². The second kappa shape index (κ2) is 8.64. The van der Waals surface area contributed by atoms with Gasteiger partial charge in [0.15, 0.2) is 11.2 Å². The smallest absolute Gasteiger partial charge is 0.196 e. The van der Waals surface area contributed by atoms with Crippen LogP contribution >= 0.6 is 0 Å². The lowest BCUT2D eigenvalue weighted by Gasteiger charge is -2.26. The van der Waals surface area contributed by atoms with Crippen LogP contribution in [-0.2, 0) is 15.9 Å². The first-order chi connectivity index (χ1) is 14.1. The number of nitrogens with two attached hydrogens (primary N) is 1. The van der Waals surface area contributed by atoms with Gasteiger partial charge in [0.2, 0.25) is 0 Å². The average molecular weight is 413 g/mol. The van der Waals surface area contributed by atoms with Gasteiger partial charge in [-0.05, 0) is 23.8 Å². The number of rotatable bonds is 5. The largest absolute Gasteiger partial charge is 0.382 e. The molecule has 1 unspecified atom stereocenters. The molecule has 3 aromatic rings. The number of hydrogen-bond donors (Lipinski definition) is 2. The summed E-state index contributed by atoms with van der Waals surface area (Å²) in [6.07, 6.45) is 2.83. The number of para-hydroxylation sites is 1. The molecule has 9 heteroatoms. The third kappa shape index (κ3) is 4.42. The highest BCUT2D eigenvalue weighted by molar-refractivity contribution is 7.84. The summed E-state index contributed by atoms with van der Waals surface area (Å²) in [5, 5.41) is 0. The maximum absolute atomic E-state index is 14.8. The molecule has 1 aromatic heterocycles. The lowest BCUT2D eigenvalue weighted by molar-refractivity contribution is 0.0754. The maximum atomic E-state index is 14.8. The highest BCUT2D eigenvalue weighted by atomic mass is 32.2. The van der Waals surface area contributed by atoms with Gasteiger partial charge in [0.1, 0.15) is 11.6 Å². The number of nitrogens with zero attached hydrogens (tertiary/aromatic N) is 3. The molecule has 0 radical (unpaired) electrons. The van der Waals surface area contributed by atoms with Crippen LogP contribution in [0.5, 0.6) is 0 Å². The number of anilines is 2. The Balaban J connectivity index is 1.61. The van der Waals surface area contributed by atoms with E-state index in [-0.39, 0.29) is 5.82 Å². The van der Waals surface area contributed by atoms with Crippen LogP contribution in [0.1, 0.15) is 0 Å². The van der Waals surface area contributed by atoms with E-state index in [9.17, 15) is 8.60 Å². The van der Waals surface area contributed by atoms with Gasteiger partial charge in [-0.1, -0.05) is 24.3 Å². The number of halogens is 1. The quantitative estimate of drug-likeness (QED) is 0.671. The molecular weight excluding hydrogens is 393 g/mol. The third-order valence-electron chi connectivity index (χ3n) is 4.56. The summed E-state index contributed by atoms with van der Waals surface area (Å²) in [6.45, 7) is 2.28. The van der Waals surface area contributed by atoms with E-state index in [1.54, 1.807) is 12.1 Å². The molecule has 2 heterocycles. The van der Waals surface area contributed by atoms with Crippen LogP contribution < -0.4 is 10.5 Å². The van der Waals surface area contributed by atoms with Crippen molar-refractivity contribution >= 4 is 22.7 Å². The molecule has 1 aliphatic heterocycles. The Bertz CT molecular complexity index is 1030. The van der Waals surface area contributed by atoms with Crippen molar-refractivity contribution in [2.24, 2.45) is 0 Å². The summed E-state index contributed by atoms with van der Waals surface area (Å²) in [7, 11) is 0. The van der Waals surface area contributed by atoms with Crippen molar-refractivity contribution < 1.29 is 13.3 Å². The zero-order chi connectivity index (χ0) is 20.2. The molecule has 3 N–H and O–H groups in total. The van der Waals surface area contributed by atoms with Crippen LogP contribution in [0, 0.1) is 5.82 Å². The number of nitrogen functional groups attached to an aromatic ring is 1. The summed E-state index contributed by atoms with van der Waals surface area (Å²) in [4.78, 5) is 8.08. The highest BCUT2D eigenvalue weighted by Crippen LogP contribution is 2.32. The van der Waals surface area contributed by atoms with Gasteiger partial charge < -0.3 is 10.5 Å². The van der Waals surface area contributed by atoms with Gasteiger partial charge in [0.25, 0.3) is 0 Å². The van der Waals surface area contributed by atoms with Gasteiger partial charge in [-0.2, -0.15) is 0 Å². The zero-order valence-electron chi connectivity index (χ0n) is 15.5. The van der Waals surface area contributed by atoms with E-state index in [1.165, 1.54) is 18.5 Å². The standard InChI is InChI=1S/C20H20FN5O2S/c21-17-11-14(5-6-16(17)19-12-24-20(22)13-23-19)15-3-1-2-4-18(15)25-29(27)26-7-9-28-10-8-26/h1-6,11-13,25H,7-10H2,(H2,22,24). The van der Waals surface area contributed by atoms with E-state index < -0.39 is 17.0 Å². The van der Waals surface area contributed by atoms with Crippen LogP contribution in [0.25, 0.3) is 22.4 Å². The fourth-order valence-electron chi connectivity index (χ4n) is 3.06. The Labute approximate surface area is 170 Å². The number of ether oxygens (including phenoxy) is 1. The van der Waals surface area contributed by atoms with Crippen LogP contribution in [0.2, 0.25) is 0 Å². The van der Waals surface area contributed by atoms with E-state index in [2.05, 4.69) is 14.7 Å². The minimum atomic E-state index is -1.40. The van der Waals surface area contributed by atoms with Crippen molar-refractivity contribution in [3.8, 4) is 22.4 Å². The zero-order valence-corrected chi connectivity index (χ0v) is 16.4. The Kier molecular flexibility index (Phi) is 5.79. The first-order valence-electron chi connectivity index (χ1n) is 9.10. The third-order valence-corrected chi connectivity index (χ3v) is 5.79. The molecule has 0 spiro atoms. The minimum Gasteiger partial charge on any atom is -0.382 e. The van der Waals surface area contributed by atoms with Gasteiger partial charge in [-0.3, -0.25) is 9.71 Å². The highest BCUT2D eigenvalue weighted by Gasteiger charge is 2.18. The lowest BCUT2D eigenvalue weighted by atomic mass is 10.0. The van der Waals surface area contributed by atoms with Crippen molar-refractivity contribution in [1.82, 2.24) is 14.3 Å². The Morgan fingerprint density at radius 1 is 1.07 bits per heavy atom. The SMILES string of the molecule is Nc1cnc(-c2ccc(-c3ccccc3NS(=O)N3CCOCC3)cc2F)cn1. The van der Waals surface area contributed by atoms with Gasteiger partial charge >= 0.3 is 0 Å². The van der Waals surface area contributed by atoms with Gasteiger partial charge in [0.05, 0.1) is 37.0 Å². The van der Waals surface area contributed by atoms with Crippen molar-refractivity contribution in [3.63, 3.8) is 0 Å². The van der Waals surface area contributed by atoms with Crippen molar-refractivity contribution in [2.45, 2.75) is 0 Å². The lowest BCUT2D eigenvalue weighted by Crippen LogP contribution is -2.39. The average Bonchev–Trinajstić information content (AvgIpc) is 2.75. The van der Waals surface area contributed by atoms with Gasteiger partial charge in [-0.25, -0.2) is 17.9 Å². The fraction of sp³-hybridized carbons (Fsp3) is 0.200. The van der Waals surface area contributed by atoms with Crippen LogP contribution in [0.3, 0.4) is 0 Å². The van der Waals surface area contributed by atoms with E-state index in [1.807, 2.05) is 28.6 Å². The normalized spacial score (nSPS) is 15.8. The summed E-state index contributed by atoms with van der Waals surface area (Å²) in [6, 6.07) is 12.3. The van der Waals surface area contributed by atoms with Crippen LogP contribution in [0.4, 0.5) is 15.9 Å². The minimum absolute atomic E-state index is 0.277. The molecule has 1 atom stereocenters. The first kappa shape index (κ1) is 19.4. The van der Waals surface area contributed by atoms with Crippen molar-refractivity contribution in [2.75, 3.05) is 36.8 Å². The molecule has 7 nitrogen and oxygen atoms in total. The first-order valence-corrected chi connectivity index (χ1v) is 10.2. The second-order valence-electron chi connectivity index (χ2n) is 6.46. The predicted octanol–water partition coefficient (Wildman–Crippen LogP) is 2.85. The molecule has 1 aliphatic rings. The fourth-order valence-corrected chi connectivity index (χ4v) is 4.04. The van der Waals surface area contributed by atoms with Crippen molar-refractivity contribution in [3.05, 3.63) is 60.7 Å². The number of aromatic nitrogens is 2. The summed E-state index contributed by atoms with van der Waals surface area (Å²) < 4.78 is 37.6. The van der Waals surface area contributed by atoms with E-state index >= 15 is 0 Å². The molecule has 0 aliphatic carbocycles. The number of hydrogen-bond acceptors (Lipinski definition) is 5. The van der Waals surface area contributed by atoms with Gasteiger partial charge in [-0.15, -0.1) is 0 Å². The second-order valence-corrected chi connectivity index (χ2v) is 7.68. The predicted molar refractivity (Wildman–Crippen MR) is 111 cm³/mol. The Morgan fingerprint density at radius 2 is 1.86 bits per heavy atom. The molecule has 2 aromatic carbocycles. The van der Waals surface area contributed by atoms with Gasteiger partial charge in [0, 0.05) is 24.2 Å². The Hall–Kier alpha value is -2.88. The topological polar surface area (TPSA) is 93.4 Å². The molecule has 1 fully saturated rings. The molecule has 150 valence electrons. The summed E-state index contributed by atoms with van der Waals surface area (Å²) in [5.41, 5.74) is 8.37. The molecule has 29 heavy (non-hydrogen) atoms. The summed E-state index contributed by atoms with van der Waals surface area (Å²) >= 11 is -1.40. The molecule has 0 saturated carbocycles. The van der Waals surface area contributed by atoms with Crippen LogP contribution in [-0.4, -0.2) is 44.8 Å². The van der Waals surface area contributed by atoms with E-state index in [4.69, 9.17) is 10.5 Å². The number of morpholine rings is 1. The molecule has 0 bridgehead atoms. The maximum Gasteiger partial charge on any atom is 0.196 e. The van der Waals surface area contributed by atoms with E-state index in [0.29, 0.717) is 48.8 Å². The number of benzene rings is 2. The molecule has 4 rings (SSSR count). The molecule has 0 amide bonds. The summed E-state index contributed by atoms with van der Waals surface area (Å²) in [5.74, 6) is -0.148. The molecule has 1 saturated heterocycles. The monoisotopic (exact) mass is 413 g/mol. The van der Waals surface area contributed by atoms with E-state index in [0.717, 1.165) is 5.56 Å². The Morgan fingerprint density at radius 3 is 2.59 bits per heavy atom. The molecular formula is C20H20FN5O2S.